The number of diazo groups is 1. The summed E-state index contributed by atoms with van der Waals surface area (Å²) in [5.74, 6) is -1.77. The average Bonchev–Trinajstić information content (AvgIpc) is 2.46. The third-order valence-corrected chi connectivity index (χ3v) is 3.97. The topological polar surface area (TPSA) is 112 Å². The molecule has 0 aliphatic rings. The summed E-state index contributed by atoms with van der Waals surface area (Å²) in [5.41, 5.74) is -0.222. The van der Waals surface area contributed by atoms with Crippen LogP contribution in [0.3, 0.4) is 0 Å². The maximum Gasteiger partial charge on any atom is 0.378 e. The predicted molar refractivity (Wildman–Crippen MR) is 71.6 cm³/mol. The lowest BCUT2D eigenvalue weighted by Gasteiger charge is -2.11. The van der Waals surface area contributed by atoms with E-state index in [1.165, 1.54) is 30.3 Å². The fourth-order valence-corrected chi connectivity index (χ4v) is 2.84. The summed E-state index contributed by atoms with van der Waals surface area (Å²) < 4.78 is 28.3. The van der Waals surface area contributed by atoms with Crippen molar-refractivity contribution in [2.24, 2.45) is 0 Å². The van der Waals surface area contributed by atoms with Crippen LogP contribution in [0.15, 0.2) is 47.9 Å². The minimum absolute atomic E-state index is 0.0287. The van der Waals surface area contributed by atoms with Crippen molar-refractivity contribution in [3.05, 3.63) is 48.0 Å². The van der Waals surface area contributed by atoms with Crippen LogP contribution in [0.25, 0.3) is 15.7 Å². The van der Waals surface area contributed by atoms with Gasteiger partial charge in [0.2, 0.25) is 5.39 Å². The minimum Gasteiger partial charge on any atom is -0.867 e. The van der Waals surface area contributed by atoms with Gasteiger partial charge in [0, 0.05) is 17.5 Å². The zero-order valence-electron chi connectivity index (χ0n) is 10.5. The zero-order chi connectivity index (χ0) is 15.6. The molecular formula is C13H8N2O5S. The first-order valence-electron chi connectivity index (χ1n) is 5.59. The molecular weight excluding hydrogens is 296 g/mol. The molecule has 0 saturated carbocycles. The van der Waals surface area contributed by atoms with Crippen LogP contribution in [-0.2, 0) is 19.1 Å². The van der Waals surface area contributed by atoms with Gasteiger partial charge in [-0.15, -0.1) is 0 Å². The first-order chi connectivity index (χ1) is 9.90. The molecule has 0 amide bonds. The Balaban J connectivity index is 2.72. The van der Waals surface area contributed by atoms with Crippen LogP contribution in [0.5, 0.6) is 5.75 Å². The molecule has 2 aromatic carbocycles. The average molecular weight is 304 g/mol. The fourth-order valence-electron chi connectivity index (χ4n) is 1.77. The second-order valence-corrected chi connectivity index (χ2v) is 5.44. The molecule has 8 heteroatoms. The Morgan fingerprint density at radius 1 is 1.29 bits per heavy atom. The molecule has 0 heterocycles. The summed E-state index contributed by atoms with van der Waals surface area (Å²) in [4.78, 5) is 13.6. The van der Waals surface area contributed by atoms with Gasteiger partial charge in [0.25, 0.3) is 0 Å². The Kier molecular flexibility index (Phi) is 3.60. The van der Waals surface area contributed by atoms with Crippen LogP contribution >= 0.6 is 0 Å². The van der Waals surface area contributed by atoms with Gasteiger partial charge in [0.05, 0.1) is 0 Å². The largest absolute Gasteiger partial charge is 0.867 e. The monoisotopic (exact) mass is 304 g/mol. The van der Waals surface area contributed by atoms with Gasteiger partial charge in [0.1, 0.15) is 4.90 Å². The van der Waals surface area contributed by atoms with E-state index in [9.17, 15) is 18.3 Å². The van der Waals surface area contributed by atoms with Gasteiger partial charge in [-0.05, 0) is 23.3 Å². The number of hydrogen-bond donors (Lipinski definition) is 0. The highest BCUT2D eigenvalue weighted by atomic mass is 32.2. The van der Waals surface area contributed by atoms with E-state index < -0.39 is 21.8 Å². The Morgan fingerprint density at radius 3 is 2.62 bits per heavy atom. The lowest BCUT2D eigenvalue weighted by Crippen LogP contribution is -2.11. The second-order valence-electron chi connectivity index (χ2n) is 3.93. The molecule has 2 aromatic rings. The third kappa shape index (κ3) is 2.54. The molecule has 0 aliphatic carbocycles. The van der Waals surface area contributed by atoms with Crippen molar-refractivity contribution in [3.63, 3.8) is 0 Å². The number of rotatable bonds is 3. The van der Waals surface area contributed by atoms with Gasteiger partial charge in [-0.2, -0.15) is 8.42 Å². The molecule has 21 heavy (non-hydrogen) atoms. The molecule has 0 radical (unpaired) electrons. The summed E-state index contributed by atoms with van der Waals surface area (Å²) in [5, 5.41) is 20.7. The number of nitrogens with zero attached hydrogens (tertiary/aromatic N) is 2. The Bertz CT molecular complexity index is 897. The highest BCUT2D eigenvalue weighted by molar-refractivity contribution is 7.87. The SMILES string of the molecule is C=CC(=O)OS(=O)(=O)c1cccc2c([O-])c([N+]#N)ccc12. The maximum absolute atomic E-state index is 12.0. The molecule has 106 valence electrons. The van der Waals surface area contributed by atoms with E-state index in [0.717, 1.165) is 0 Å². The van der Waals surface area contributed by atoms with E-state index in [0.29, 0.717) is 6.08 Å². The molecule has 0 aliphatic heterocycles. The van der Waals surface area contributed by atoms with Crippen LogP contribution in [0.2, 0.25) is 0 Å². The smallest absolute Gasteiger partial charge is 0.378 e. The molecule has 0 unspecified atom stereocenters. The molecule has 0 bridgehead atoms. The van der Waals surface area contributed by atoms with Crippen molar-refractivity contribution in [3.8, 4) is 5.75 Å². The summed E-state index contributed by atoms with van der Waals surface area (Å²) >= 11 is 0. The number of benzene rings is 2. The lowest BCUT2D eigenvalue weighted by atomic mass is 10.1. The lowest BCUT2D eigenvalue weighted by molar-refractivity contribution is -0.264. The molecule has 0 atom stereocenters. The van der Waals surface area contributed by atoms with Crippen LogP contribution in [0, 0.1) is 5.39 Å². The van der Waals surface area contributed by atoms with E-state index in [1.807, 2.05) is 0 Å². The van der Waals surface area contributed by atoms with Gasteiger partial charge >= 0.3 is 21.8 Å². The molecule has 0 aromatic heterocycles. The molecule has 2 rings (SSSR count). The predicted octanol–water partition coefficient (Wildman–Crippen LogP) is 1.82. The first kappa shape index (κ1) is 14.5. The first-order valence-corrected chi connectivity index (χ1v) is 7.00. The molecule has 0 N–H and O–H groups in total. The van der Waals surface area contributed by atoms with Crippen molar-refractivity contribution in [1.29, 1.82) is 5.39 Å². The van der Waals surface area contributed by atoms with Crippen LogP contribution in [0.1, 0.15) is 0 Å². The van der Waals surface area contributed by atoms with Gasteiger partial charge in [-0.3, -0.25) is 0 Å². The normalized spacial score (nSPS) is 10.8. The summed E-state index contributed by atoms with van der Waals surface area (Å²) in [7, 11) is -4.39. The van der Waals surface area contributed by atoms with Gasteiger partial charge < -0.3 is 9.29 Å². The van der Waals surface area contributed by atoms with E-state index in [2.05, 4.69) is 15.7 Å². The van der Waals surface area contributed by atoms with Crippen LogP contribution < -0.4 is 5.11 Å². The second kappa shape index (κ2) is 5.22. The molecule has 0 fully saturated rings. The van der Waals surface area contributed by atoms with E-state index in [4.69, 9.17) is 5.39 Å². The fraction of sp³-hybridized carbons (Fsp3) is 0. The van der Waals surface area contributed by atoms with Crippen LogP contribution in [0.4, 0.5) is 5.69 Å². The van der Waals surface area contributed by atoms with E-state index in [-0.39, 0.29) is 21.4 Å². The molecule has 0 spiro atoms. The van der Waals surface area contributed by atoms with Crippen molar-refractivity contribution in [1.82, 2.24) is 0 Å². The third-order valence-electron chi connectivity index (χ3n) is 2.69. The standard InChI is InChI=1S/C13H8N2O5S/c1-2-12(16)20-21(18,19)11-5-3-4-9-8(11)6-7-10(15-14)13(9)17/h2-7H,1H2. The Hall–Kier alpha value is -2.92. The Morgan fingerprint density at radius 2 is 2.00 bits per heavy atom. The highest BCUT2D eigenvalue weighted by Gasteiger charge is 2.22. The number of fused-ring (bicyclic) bond motifs is 1. The van der Waals surface area contributed by atoms with Gasteiger partial charge in [0.15, 0.2) is 4.98 Å². The summed E-state index contributed by atoms with van der Waals surface area (Å²) in [6.45, 7) is 3.11. The van der Waals surface area contributed by atoms with Gasteiger partial charge in [-0.1, -0.05) is 18.7 Å². The number of hydrogen-bond acceptors (Lipinski definition) is 6. The van der Waals surface area contributed by atoms with Crippen molar-refractivity contribution < 1.29 is 22.5 Å². The maximum atomic E-state index is 12.0. The van der Waals surface area contributed by atoms with Crippen molar-refractivity contribution in [2.75, 3.05) is 0 Å². The number of carbonyl (C=O) groups is 1. The minimum atomic E-state index is -4.39. The highest BCUT2D eigenvalue weighted by Crippen LogP contribution is 2.35. The molecule has 7 nitrogen and oxygen atoms in total. The van der Waals surface area contributed by atoms with E-state index in [1.54, 1.807) is 0 Å². The molecule has 0 saturated heterocycles. The van der Waals surface area contributed by atoms with Crippen LogP contribution in [-0.4, -0.2) is 14.4 Å². The summed E-state index contributed by atoms with van der Waals surface area (Å²) in [6, 6.07) is 6.35. The quantitative estimate of drug-likeness (QED) is 0.485. The zero-order valence-corrected chi connectivity index (χ0v) is 11.3. The van der Waals surface area contributed by atoms with E-state index >= 15 is 0 Å². The van der Waals surface area contributed by atoms with Crippen molar-refractivity contribution >= 4 is 32.5 Å². The number of carbonyl (C=O) groups excluding carboxylic acids is 1. The van der Waals surface area contributed by atoms with Crippen molar-refractivity contribution in [2.45, 2.75) is 4.90 Å². The Labute approximate surface area is 119 Å². The van der Waals surface area contributed by atoms with Gasteiger partial charge in [-0.25, -0.2) is 4.79 Å². The summed E-state index contributed by atoms with van der Waals surface area (Å²) in [6.07, 6.45) is 0.713.